The molecule has 94 valence electrons. The Labute approximate surface area is 130 Å². The Bertz CT molecular complexity index is 523. The molecule has 2 aromatic carbocycles. The zero-order chi connectivity index (χ0) is 13.0. The quantitative estimate of drug-likeness (QED) is 0.634. The van der Waals surface area contributed by atoms with Crippen LogP contribution in [0, 0.1) is 3.57 Å². The van der Waals surface area contributed by atoms with Crippen molar-refractivity contribution in [3.8, 4) is 5.75 Å². The van der Waals surface area contributed by atoms with Crippen molar-refractivity contribution in [3.05, 3.63) is 61.6 Å². The van der Waals surface area contributed by atoms with Gasteiger partial charge < -0.3 is 4.74 Å². The van der Waals surface area contributed by atoms with Crippen LogP contribution in [0.25, 0.3) is 0 Å². The van der Waals surface area contributed by atoms with Gasteiger partial charge in [-0.3, -0.25) is 0 Å². The minimum atomic E-state index is 0.710. The molecule has 1 nitrogen and oxygen atoms in total. The molecule has 0 bridgehead atoms. The molecule has 0 N–H and O–H groups in total. The molecule has 2 rings (SSSR count). The molecular weight excluding hydrogens is 403 g/mol. The Morgan fingerprint density at radius 3 is 2.50 bits per heavy atom. The van der Waals surface area contributed by atoms with Gasteiger partial charge in [0.25, 0.3) is 0 Å². The molecular formula is C15H14BrIO. The molecule has 0 radical (unpaired) electrons. The Morgan fingerprint density at radius 2 is 1.83 bits per heavy atom. The maximum Gasteiger partial charge on any atom is 0.119 e. The molecule has 0 saturated heterocycles. The van der Waals surface area contributed by atoms with E-state index in [1.54, 1.807) is 0 Å². The Morgan fingerprint density at radius 1 is 1.11 bits per heavy atom. The maximum atomic E-state index is 5.44. The van der Waals surface area contributed by atoms with Gasteiger partial charge in [0.1, 0.15) is 5.75 Å². The lowest BCUT2D eigenvalue weighted by molar-refractivity contribution is 0.340. The van der Waals surface area contributed by atoms with E-state index in [0.717, 1.165) is 16.6 Å². The highest BCUT2D eigenvalue weighted by Gasteiger charge is 2.03. The van der Waals surface area contributed by atoms with Gasteiger partial charge >= 0.3 is 0 Å². The summed E-state index contributed by atoms with van der Waals surface area (Å²) in [4.78, 5) is 0. The van der Waals surface area contributed by atoms with Gasteiger partial charge in [-0.05, 0) is 77.4 Å². The molecule has 0 saturated carbocycles. The first kappa shape index (κ1) is 13.9. The summed E-state index contributed by atoms with van der Waals surface area (Å²) in [5, 5.41) is 0. The summed E-state index contributed by atoms with van der Waals surface area (Å²) in [6, 6.07) is 14.7. The van der Waals surface area contributed by atoms with Gasteiger partial charge in [0.15, 0.2) is 0 Å². The van der Waals surface area contributed by atoms with Gasteiger partial charge in [-0.2, -0.15) is 0 Å². The van der Waals surface area contributed by atoms with E-state index in [9.17, 15) is 0 Å². The molecule has 0 heterocycles. The minimum absolute atomic E-state index is 0.710. The van der Waals surface area contributed by atoms with Crippen molar-refractivity contribution in [2.45, 2.75) is 13.3 Å². The second-order valence-corrected chi connectivity index (χ2v) is 6.09. The predicted molar refractivity (Wildman–Crippen MR) is 87.3 cm³/mol. The van der Waals surface area contributed by atoms with E-state index in [1.807, 2.05) is 19.1 Å². The standard InChI is InChI=1S/C15H14BrIO/c1-2-18-14-6-3-11(4-7-14)9-12-10-13(17)5-8-15(12)16/h3-8,10H,2,9H2,1H3. The van der Waals surface area contributed by atoms with Crippen LogP contribution in [-0.2, 0) is 6.42 Å². The third kappa shape index (κ3) is 3.72. The number of benzene rings is 2. The highest BCUT2D eigenvalue weighted by molar-refractivity contribution is 14.1. The number of hydrogen-bond donors (Lipinski definition) is 0. The second-order valence-electron chi connectivity index (χ2n) is 3.99. The topological polar surface area (TPSA) is 9.23 Å². The molecule has 0 aliphatic rings. The molecule has 3 heteroatoms. The van der Waals surface area contributed by atoms with Crippen LogP contribution in [-0.4, -0.2) is 6.61 Å². The SMILES string of the molecule is CCOc1ccc(Cc2cc(I)ccc2Br)cc1. The van der Waals surface area contributed by atoms with E-state index < -0.39 is 0 Å². The highest BCUT2D eigenvalue weighted by Crippen LogP contribution is 2.23. The summed E-state index contributed by atoms with van der Waals surface area (Å²) in [5.74, 6) is 0.933. The van der Waals surface area contributed by atoms with Gasteiger partial charge in [0.2, 0.25) is 0 Å². The minimum Gasteiger partial charge on any atom is -0.494 e. The third-order valence-electron chi connectivity index (χ3n) is 2.64. The van der Waals surface area contributed by atoms with E-state index in [0.29, 0.717) is 6.61 Å². The lowest BCUT2D eigenvalue weighted by Crippen LogP contribution is -1.93. The summed E-state index contributed by atoms with van der Waals surface area (Å²) in [6.07, 6.45) is 0.934. The van der Waals surface area contributed by atoms with E-state index in [-0.39, 0.29) is 0 Å². The normalized spacial score (nSPS) is 10.4. The Balaban J connectivity index is 2.15. The van der Waals surface area contributed by atoms with Crippen molar-refractivity contribution in [1.82, 2.24) is 0 Å². The van der Waals surface area contributed by atoms with Crippen LogP contribution in [0.15, 0.2) is 46.9 Å². The van der Waals surface area contributed by atoms with Crippen molar-refractivity contribution >= 4 is 38.5 Å². The number of hydrogen-bond acceptors (Lipinski definition) is 1. The molecule has 0 aliphatic heterocycles. The Kier molecular flexibility index (Phi) is 5.06. The van der Waals surface area contributed by atoms with Crippen LogP contribution in [0.5, 0.6) is 5.75 Å². The summed E-state index contributed by atoms with van der Waals surface area (Å²) in [7, 11) is 0. The molecule has 0 unspecified atom stereocenters. The predicted octanol–water partition coefficient (Wildman–Crippen LogP) is 5.04. The van der Waals surface area contributed by atoms with Crippen LogP contribution >= 0.6 is 38.5 Å². The molecule has 0 fully saturated rings. The average Bonchev–Trinajstić information content (AvgIpc) is 2.37. The van der Waals surface area contributed by atoms with Crippen molar-refractivity contribution in [2.75, 3.05) is 6.61 Å². The number of ether oxygens (including phenoxy) is 1. The third-order valence-corrected chi connectivity index (χ3v) is 4.08. The second kappa shape index (κ2) is 6.57. The molecule has 18 heavy (non-hydrogen) atoms. The van der Waals surface area contributed by atoms with Gasteiger partial charge in [-0.1, -0.05) is 28.1 Å². The zero-order valence-electron chi connectivity index (χ0n) is 10.1. The van der Waals surface area contributed by atoms with Crippen molar-refractivity contribution in [1.29, 1.82) is 0 Å². The van der Waals surface area contributed by atoms with E-state index in [4.69, 9.17) is 4.74 Å². The van der Waals surface area contributed by atoms with E-state index >= 15 is 0 Å². The first-order valence-corrected chi connectivity index (χ1v) is 7.72. The van der Waals surface area contributed by atoms with Crippen molar-refractivity contribution in [2.24, 2.45) is 0 Å². The fourth-order valence-corrected chi connectivity index (χ4v) is 2.71. The summed E-state index contributed by atoms with van der Waals surface area (Å²) in [5.41, 5.74) is 2.60. The lowest BCUT2D eigenvalue weighted by atomic mass is 10.1. The Hall–Kier alpha value is -0.550. The van der Waals surface area contributed by atoms with Gasteiger partial charge in [0.05, 0.1) is 6.61 Å². The average molecular weight is 417 g/mol. The molecule has 0 aliphatic carbocycles. The number of rotatable bonds is 4. The molecule has 0 atom stereocenters. The zero-order valence-corrected chi connectivity index (χ0v) is 13.9. The molecule has 0 spiro atoms. The first-order valence-electron chi connectivity index (χ1n) is 5.84. The number of halogens is 2. The molecule has 0 amide bonds. The molecule has 0 aromatic heterocycles. The van der Waals surface area contributed by atoms with Crippen LogP contribution in [0.1, 0.15) is 18.1 Å². The fourth-order valence-electron chi connectivity index (χ4n) is 1.77. The van der Waals surface area contributed by atoms with Crippen molar-refractivity contribution in [3.63, 3.8) is 0 Å². The molecule has 2 aromatic rings. The highest BCUT2D eigenvalue weighted by atomic mass is 127. The van der Waals surface area contributed by atoms with E-state index in [1.165, 1.54) is 14.7 Å². The smallest absolute Gasteiger partial charge is 0.119 e. The summed E-state index contributed by atoms with van der Waals surface area (Å²) >= 11 is 5.94. The summed E-state index contributed by atoms with van der Waals surface area (Å²) in [6.45, 7) is 2.71. The summed E-state index contributed by atoms with van der Waals surface area (Å²) < 4.78 is 7.87. The first-order chi connectivity index (χ1) is 8.69. The van der Waals surface area contributed by atoms with Crippen LogP contribution in [0.2, 0.25) is 0 Å². The van der Waals surface area contributed by atoms with Crippen LogP contribution in [0.3, 0.4) is 0 Å². The van der Waals surface area contributed by atoms with Gasteiger partial charge in [0, 0.05) is 8.04 Å². The van der Waals surface area contributed by atoms with Crippen LogP contribution in [0.4, 0.5) is 0 Å². The largest absolute Gasteiger partial charge is 0.494 e. The lowest BCUT2D eigenvalue weighted by Gasteiger charge is -2.07. The van der Waals surface area contributed by atoms with Crippen molar-refractivity contribution < 1.29 is 4.74 Å². The fraction of sp³-hybridized carbons (Fsp3) is 0.200. The van der Waals surface area contributed by atoms with Crippen LogP contribution < -0.4 is 4.74 Å². The monoisotopic (exact) mass is 416 g/mol. The van der Waals surface area contributed by atoms with E-state index in [2.05, 4.69) is 68.9 Å². The van der Waals surface area contributed by atoms with Gasteiger partial charge in [-0.25, -0.2) is 0 Å². The van der Waals surface area contributed by atoms with Gasteiger partial charge in [-0.15, -0.1) is 0 Å². The maximum absolute atomic E-state index is 5.44.